The Hall–Kier alpha value is -1.79. The van der Waals surface area contributed by atoms with Gasteiger partial charge in [-0.15, -0.1) is 0 Å². The number of hydrogen-bond donors (Lipinski definition) is 4. The second-order valence-electron chi connectivity index (χ2n) is 6.95. The lowest BCUT2D eigenvalue weighted by Gasteiger charge is -2.33. The van der Waals surface area contributed by atoms with Crippen molar-refractivity contribution in [2.75, 3.05) is 92.1 Å². The predicted octanol–water partition coefficient (Wildman–Crippen LogP) is -2.32. The zero-order chi connectivity index (χ0) is 20.9. The molecule has 1 aliphatic rings. The molecule has 1 rings (SSSR count). The van der Waals surface area contributed by atoms with Gasteiger partial charge in [0.15, 0.2) is 0 Å². The molecule has 0 unspecified atom stereocenters. The third-order valence-corrected chi connectivity index (χ3v) is 4.68. The van der Waals surface area contributed by atoms with Crippen LogP contribution >= 0.6 is 0 Å². The highest BCUT2D eigenvalue weighted by atomic mass is 16.4. The van der Waals surface area contributed by atoms with Crippen LogP contribution in [0.25, 0.3) is 0 Å². The molecule has 1 aliphatic heterocycles. The number of hydrogen-bond acceptors (Lipinski definition) is 8. The average molecular weight is 403 g/mol. The maximum absolute atomic E-state index is 11.2. The predicted molar refractivity (Wildman–Crippen MR) is 103 cm³/mol. The molecular formula is C17H33N5O6. The fraction of sp³-hybridized carbons (Fsp3) is 0.824. The Balaban J connectivity index is 2.86. The summed E-state index contributed by atoms with van der Waals surface area (Å²) in [6, 6.07) is 0. The van der Waals surface area contributed by atoms with Gasteiger partial charge in [0.05, 0.1) is 19.6 Å². The Kier molecular flexibility index (Phi) is 11.6. The Morgan fingerprint density at radius 1 is 0.643 bits per heavy atom. The summed E-state index contributed by atoms with van der Waals surface area (Å²) in [5, 5.41) is 30.5. The van der Waals surface area contributed by atoms with Gasteiger partial charge in [0, 0.05) is 65.4 Å². The topological polar surface area (TPSA) is 137 Å². The second kappa shape index (κ2) is 13.4. The summed E-state index contributed by atoms with van der Waals surface area (Å²) in [5.74, 6) is -2.78. The number of likely N-dealkylation sites (N-methyl/N-ethyl adjacent to an activating group) is 1. The summed E-state index contributed by atoms with van der Waals surface area (Å²) < 4.78 is 0. The van der Waals surface area contributed by atoms with Gasteiger partial charge in [-0.1, -0.05) is 0 Å². The number of nitrogens with zero attached hydrogens (tertiary/aromatic N) is 4. The Bertz CT molecular complexity index is 474. The van der Waals surface area contributed by atoms with Crippen LogP contribution in [0, 0.1) is 0 Å². The third kappa shape index (κ3) is 11.1. The molecule has 1 saturated heterocycles. The third-order valence-electron chi connectivity index (χ3n) is 4.68. The maximum atomic E-state index is 11.2. The number of aliphatic carboxylic acids is 3. The standard InChI is InChI=1S/C17H33N5O6/c1-18-2-3-19-4-6-20(12-15(23)24)8-10-22(14-17(27)28)11-9-21(7-5-19)13-16(25)26/h18H,2-14H2,1H3,(H,23,24)(H,25,26)(H,27,28). The molecule has 0 aromatic carbocycles. The first-order valence-corrected chi connectivity index (χ1v) is 9.49. The highest BCUT2D eigenvalue weighted by molar-refractivity contribution is 5.69. The van der Waals surface area contributed by atoms with Crippen LogP contribution in [0.4, 0.5) is 0 Å². The number of carboxylic acid groups (broad SMARTS) is 3. The minimum absolute atomic E-state index is 0.0914. The van der Waals surface area contributed by atoms with E-state index in [9.17, 15) is 14.4 Å². The molecule has 0 bridgehead atoms. The van der Waals surface area contributed by atoms with Gasteiger partial charge < -0.3 is 20.6 Å². The van der Waals surface area contributed by atoms with Crippen LogP contribution in [0.5, 0.6) is 0 Å². The van der Waals surface area contributed by atoms with E-state index < -0.39 is 17.9 Å². The van der Waals surface area contributed by atoms with Crippen LogP contribution in [0.1, 0.15) is 0 Å². The van der Waals surface area contributed by atoms with Crippen LogP contribution in [-0.2, 0) is 14.4 Å². The molecule has 28 heavy (non-hydrogen) atoms. The number of carboxylic acids is 3. The van der Waals surface area contributed by atoms with Gasteiger partial charge in [-0.3, -0.25) is 34.0 Å². The van der Waals surface area contributed by atoms with Crippen molar-refractivity contribution in [1.29, 1.82) is 0 Å². The van der Waals surface area contributed by atoms with Crippen molar-refractivity contribution in [3.05, 3.63) is 0 Å². The molecule has 11 nitrogen and oxygen atoms in total. The quantitative estimate of drug-likeness (QED) is 0.330. The molecule has 0 radical (unpaired) electrons. The summed E-state index contributed by atoms with van der Waals surface area (Å²) in [6.07, 6.45) is 0. The zero-order valence-corrected chi connectivity index (χ0v) is 16.5. The van der Waals surface area contributed by atoms with Crippen molar-refractivity contribution < 1.29 is 29.7 Å². The molecule has 1 fully saturated rings. The second-order valence-corrected chi connectivity index (χ2v) is 6.95. The molecule has 0 saturated carbocycles. The van der Waals surface area contributed by atoms with E-state index in [4.69, 9.17) is 15.3 Å². The molecule has 1 heterocycles. The minimum Gasteiger partial charge on any atom is -0.480 e. The Morgan fingerprint density at radius 3 is 1.18 bits per heavy atom. The van der Waals surface area contributed by atoms with E-state index in [1.54, 1.807) is 4.90 Å². The number of rotatable bonds is 9. The number of carbonyl (C=O) groups is 3. The summed E-state index contributed by atoms with van der Waals surface area (Å²) in [5.41, 5.74) is 0. The molecule has 11 heteroatoms. The fourth-order valence-electron chi connectivity index (χ4n) is 3.12. The lowest BCUT2D eigenvalue weighted by Crippen LogP contribution is -2.49. The highest BCUT2D eigenvalue weighted by Gasteiger charge is 2.19. The molecule has 0 amide bonds. The van der Waals surface area contributed by atoms with Crippen LogP contribution in [0.3, 0.4) is 0 Å². The maximum Gasteiger partial charge on any atom is 0.317 e. The first-order chi connectivity index (χ1) is 13.3. The number of nitrogens with one attached hydrogen (secondary N) is 1. The van der Waals surface area contributed by atoms with Crippen molar-refractivity contribution in [3.8, 4) is 0 Å². The largest absolute Gasteiger partial charge is 0.480 e. The molecule has 0 aromatic rings. The summed E-state index contributed by atoms with van der Waals surface area (Å²) in [7, 11) is 1.86. The van der Waals surface area contributed by atoms with E-state index in [1.807, 2.05) is 16.8 Å². The molecular weight excluding hydrogens is 370 g/mol. The fourth-order valence-corrected chi connectivity index (χ4v) is 3.12. The molecule has 162 valence electrons. The molecule has 0 aliphatic carbocycles. The highest BCUT2D eigenvalue weighted by Crippen LogP contribution is 2.01. The minimum atomic E-state index is -0.958. The zero-order valence-electron chi connectivity index (χ0n) is 16.5. The van der Waals surface area contributed by atoms with Gasteiger partial charge >= 0.3 is 17.9 Å². The van der Waals surface area contributed by atoms with E-state index in [1.165, 1.54) is 0 Å². The van der Waals surface area contributed by atoms with E-state index in [0.717, 1.165) is 13.1 Å². The van der Waals surface area contributed by atoms with Gasteiger partial charge in [0.2, 0.25) is 0 Å². The van der Waals surface area contributed by atoms with Crippen molar-refractivity contribution in [1.82, 2.24) is 24.9 Å². The van der Waals surface area contributed by atoms with Crippen molar-refractivity contribution in [2.24, 2.45) is 0 Å². The summed E-state index contributed by atoms with van der Waals surface area (Å²) >= 11 is 0. The van der Waals surface area contributed by atoms with Gasteiger partial charge in [-0.25, -0.2) is 0 Å². The lowest BCUT2D eigenvalue weighted by atomic mass is 10.3. The van der Waals surface area contributed by atoms with Gasteiger partial charge in [0.1, 0.15) is 0 Å². The molecule has 0 atom stereocenters. The van der Waals surface area contributed by atoms with Crippen LogP contribution in [0.2, 0.25) is 0 Å². The van der Waals surface area contributed by atoms with Gasteiger partial charge in [0.25, 0.3) is 0 Å². The first kappa shape index (κ1) is 24.2. The smallest absolute Gasteiger partial charge is 0.317 e. The van der Waals surface area contributed by atoms with E-state index in [0.29, 0.717) is 52.4 Å². The van der Waals surface area contributed by atoms with Crippen LogP contribution in [-0.4, -0.2) is 145 Å². The molecule has 0 spiro atoms. The normalized spacial score (nSPS) is 19.6. The average Bonchev–Trinajstić information content (AvgIpc) is 2.59. The lowest BCUT2D eigenvalue weighted by molar-refractivity contribution is -0.140. The van der Waals surface area contributed by atoms with E-state index in [2.05, 4.69) is 10.2 Å². The van der Waals surface area contributed by atoms with Crippen molar-refractivity contribution >= 4 is 17.9 Å². The monoisotopic (exact) mass is 403 g/mol. The SMILES string of the molecule is CNCCN1CCN(CC(=O)O)CCN(CC(=O)O)CCN(CC(=O)O)CC1. The van der Waals surface area contributed by atoms with Crippen LogP contribution in [0.15, 0.2) is 0 Å². The summed E-state index contributed by atoms with van der Waals surface area (Å²) in [6.45, 7) is 5.36. The molecule has 4 N–H and O–H groups in total. The van der Waals surface area contributed by atoms with Crippen LogP contribution < -0.4 is 5.32 Å². The van der Waals surface area contributed by atoms with Crippen molar-refractivity contribution in [3.63, 3.8) is 0 Å². The summed E-state index contributed by atoms with van der Waals surface area (Å²) in [4.78, 5) is 41.0. The van der Waals surface area contributed by atoms with E-state index >= 15 is 0 Å². The van der Waals surface area contributed by atoms with Gasteiger partial charge in [-0.2, -0.15) is 0 Å². The Morgan fingerprint density at radius 2 is 0.929 bits per heavy atom. The Labute approximate surface area is 165 Å². The molecule has 0 aromatic heterocycles. The van der Waals surface area contributed by atoms with Crippen molar-refractivity contribution in [2.45, 2.75) is 0 Å². The first-order valence-electron chi connectivity index (χ1n) is 9.49. The van der Waals surface area contributed by atoms with E-state index in [-0.39, 0.29) is 19.6 Å². The van der Waals surface area contributed by atoms with Gasteiger partial charge in [-0.05, 0) is 7.05 Å².